The number of carbonyl (C=O) groups excluding carboxylic acids is 1. The average Bonchev–Trinajstić information content (AvgIpc) is 3.32. The largest absolute Gasteiger partial charge is 0.322 e. The Morgan fingerprint density at radius 3 is 2.63 bits per heavy atom. The summed E-state index contributed by atoms with van der Waals surface area (Å²) < 4.78 is 2.17. The maximum atomic E-state index is 12.8. The van der Waals surface area contributed by atoms with Crippen LogP contribution in [0.3, 0.4) is 0 Å². The second-order valence-corrected chi connectivity index (χ2v) is 6.75. The Morgan fingerprint density at radius 2 is 1.74 bits per heavy atom. The van der Waals surface area contributed by atoms with Crippen molar-refractivity contribution in [3.8, 4) is 11.4 Å². The first-order valence-electron chi connectivity index (χ1n) is 9.11. The summed E-state index contributed by atoms with van der Waals surface area (Å²) in [4.78, 5) is 12.8. The van der Waals surface area contributed by atoms with E-state index < -0.39 is 0 Å². The molecule has 0 radical (unpaired) electrons. The van der Waals surface area contributed by atoms with Crippen molar-refractivity contribution in [2.45, 2.75) is 19.4 Å². The van der Waals surface area contributed by atoms with Crippen LogP contribution in [0.1, 0.15) is 22.6 Å². The number of nitrogens with one attached hydrogen (secondary N) is 1. The molecule has 5 nitrogen and oxygen atoms in total. The van der Waals surface area contributed by atoms with Gasteiger partial charge < -0.3 is 9.88 Å². The van der Waals surface area contributed by atoms with Crippen LogP contribution >= 0.6 is 0 Å². The van der Waals surface area contributed by atoms with Crippen LogP contribution in [0.25, 0.3) is 22.2 Å². The van der Waals surface area contributed by atoms with Crippen LogP contribution in [0, 0.1) is 0 Å². The number of aromatic nitrogens is 3. The number of fused-ring (bicyclic) bond motifs is 2. The second-order valence-electron chi connectivity index (χ2n) is 6.75. The summed E-state index contributed by atoms with van der Waals surface area (Å²) >= 11 is 0. The molecule has 0 saturated heterocycles. The zero-order valence-corrected chi connectivity index (χ0v) is 14.7. The summed E-state index contributed by atoms with van der Waals surface area (Å²) in [5.74, 6) is 1.84. The average molecular weight is 354 g/mol. The zero-order chi connectivity index (χ0) is 18.2. The van der Waals surface area contributed by atoms with E-state index >= 15 is 0 Å². The van der Waals surface area contributed by atoms with Crippen molar-refractivity contribution in [2.75, 3.05) is 5.32 Å². The molecule has 0 saturated carbocycles. The summed E-state index contributed by atoms with van der Waals surface area (Å²) in [7, 11) is 0. The summed E-state index contributed by atoms with van der Waals surface area (Å²) in [5.41, 5.74) is 2.45. The van der Waals surface area contributed by atoms with Gasteiger partial charge in [-0.05, 0) is 47.5 Å². The Kier molecular flexibility index (Phi) is 3.71. The summed E-state index contributed by atoms with van der Waals surface area (Å²) in [6, 6.07) is 21.5. The Labute approximate surface area is 156 Å². The van der Waals surface area contributed by atoms with E-state index in [-0.39, 0.29) is 5.91 Å². The molecule has 5 rings (SSSR count). The lowest BCUT2D eigenvalue weighted by Gasteiger charge is -2.09. The van der Waals surface area contributed by atoms with E-state index in [1.54, 1.807) is 0 Å². The van der Waals surface area contributed by atoms with Gasteiger partial charge in [0.2, 0.25) is 0 Å². The van der Waals surface area contributed by atoms with Crippen molar-refractivity contribution < 1.29 is 4.79 Å². The number of amides is 1. The lowest BCUT2D eigenvalue weighted by molar-refractivity contribution is 0.102. The van der Waals surface area contributed by atoms with Gasteiger partial charge in [-0.25, -0.2) is 0 Å². The van der Waals surface area contributed by atoms with Crippen LogP contribution < -0.4 is 5.32 Å². The van der Waals surface area contributed by atoms with Gasteiger partial charge in [-0.2, -0.15) is 0 Å². The van der Waals surface area contributed by atoms with Gasteiger partial charge in [0.25, 0.3) is 5.91 Å². The molecular formula is C22H18N4O. The van der Waals surface area contributed by atoms with Crippen LogP contribution in [0.4, 0.5) is 5.69 Å². The molecule has 27 heavy (non-hydrogen) atoms. The fourth-order valence-corrected chi connectivity index (χ4v) is 3.69. The third-order valence-electron chi connectivity index (χ3n) is 5.04. The third-order valence-corrected chi connectivity index (χ3v) is 5.04. The maximum absolute atomic E-state index is 12.8. The fraction of sp³-hybridized carbons (Fsp3) is 0.136. The van der Waals surface area contributed by atoms with Crippen LogP contribution in [0.15, 0.2) is 66.7 Å². The predicted octanol–water partition coefficient (Wildman–Crippen LogP) is 4.30. The first kappa shape index (κ1) is 15.8. The molecule has 4 aromatic rings. The van der Waals surface area contributed by atoms with Gasteiger partial charge in [0, 0.05) is 29.8 Å². The van der Waals surface area contributed by atoms with Gasteiger partial charge in [-0.3, -0.25) is 4.79 Å². The minimum Gasteiger partial charge on any atom is -0.322 e. The van der Waals surface area contributed by atoms with Gasteiger partial charge in [-0.15, -0.1) is 10.2 Å². The first-order chi connectivity index (χ1) is 13.3. The Morgan fingerprint density at radius 1 is 0.926 bits per heavy atom. The van der Waals surface area contributed by atoms with Crippen LogP contribution in [-0.2, 0) is 13.0 Å². The highest BCUT2D eigenvalue weighted by atomic mass is 16.1. The number of hydrogen-bond donors (Lipinski definition) is 1. The number of benzene rings is 3. The smallest absolute Gasteiger partial charge is 0.256 e. The van der Waals surface area contributed by atoms with E-state index in [9.17, 15) is 4.79 Å². The van der Waals surface area contributed by atoms with Gasteiger partial charge in [0.1, 0.15) is 5.82 Å². The summed E-state index contributed by atoms with van der Waals surface area (Å²) in [5, 5.41) is 13.6. The van der Waals surface area contributed by atoms with Crippen molar-refractivity contribution in [2.24, 2.45) is 0 Å². The molecule has 0 spiro atoms. The van der Waals surface area contributed by atoms with Gasteiger partial charge in [-0.1, -0.05) is 36.4 Å². The summed E-state index contributed by atoms with van der Waals surface area (Å²) in [6.07, 6.45) is 2.11. The molecule has 0 fully saturated rings. The highest BCUT2D eigenvalue weighted by molar-refractivity contribution is 6.12. The Hall–Kier alpha value is -3.47. The first-order valence-corrected chi connectivity index (χ1v) is 9.11. The molecule has 2 heterocycles. The SMILES string of the molecule is O=C(Nc1ccc(-c2nnc3n2CCC3)cc1)c1cccc2ccccc12. The molecular weight excluding hydrogens is 336 g/mol. The van der Waals surface area contributed by atoms with Crippen LogP contribution in [0.5, 0.6) is 0 Å². The molecule has 1 aliphatic rings. The topological polar surface area (TPSA) is 59.8 Å². The van der Waals surface area contributed by atoms with E-state index in [1.807, 2.05) is 66.7 Å². The standard InChI is InChI=1S/C22H18N4O/c27-22(19-8-3-6-15-5-1-2-7-18(15)19)23-17-12-10-16(11-13-17)21-25-24-20-9-4-14-26(20)21/h1-3,5-8,10-13H,4,9,14H2,(H,23,27). The van der Waals surface area contributed by atoms with E-state index in [1.165, 1.54) is 0 Å². The third kappa shape index (κ3) is 2.77. The minimum atomic E-state index is -0.108. The highest BCUT2D eigenvalue weighted by Crippen LogP contribution is 2.25. The lowest BCUT2D eigenvalue weighted by atomic mass is 10.0. The molecule has 0 bridgehead atoms. The number of carbonyl (C=O) groups is 1. The normalized spacial score (nSPS) is 12.9. The van der Waals surface area contributed by atoms with Crippen molar-refractivity contribution in [3.63, 3.8) is 0 Å². The molecule has 1 aromatic heterocycles. The molecule has 3 aromatic carbocycles. The number of aryl methyl sites for hydroxylation is 1. The van der Waals surface area contributed by atoms with Gasteiger partial charge in [0.15, 0.2) is 5.82 Å². The van der Waals surface area contributed by atoms with Gasteiger partial charge >= 0.3 is 0 Å². The minimum absolute atomic E-state index is 0.108. The summed E-state index contributed by atoms with van der Waals surface area (Å²) in [6.45, 7) is 0.969. The quantitative estimate of drug-likeness (QED) is 0.597. The second kappa shape index (κ2) is 6.36. The van der Waals surface area contributed by atoms with Crippen molar-refractivity contribution in [1.29, 1.82) is 0 Å². The monoisotopic (exact) mass is 354 g/mol. The number of anilines is 1. The maximum Gasteiger partial charge on any atom is 0.256 e. The molecule has 0 unspecified atom stereocenters. The number of nitrogens with zero attached hydrogens (tertiary/aromatic N) is 3. The Balaban J connectivity index is 1.40. The van der Waals surface area contributed by atoms with Crippen molar-refractivity contribution in [3.05, 3.63) is 78.1 Å². The van der Waals surface area contributed by atoms with E-state index in [0.717, 1.165) is 53.1 Å². The fourth-order valence-electron chi connectivity index (χ4n) is 3.69. The van der Waals surface area contributed by atoms with Crippen LogP contribution in [0.2, 0.25) is 0 Å². The van der Waals surface area contributed by atoms with E-state index in [0.29, 0.717) is 5.56 Å². The lowest BCUT2D eigenvalue weighted by Crippen LogP contribution is -2.12. The molecule has 5 heteroatoms. The van der Waals surface area contributed by atoms with E-state index in [4.69, 9.17) is 0 Å². The number of rotatable bonds is 3. The van der Waals surface area contributed by atoms with Crippen LogP contribution in [-0.4, -0.2) is 20.7 Å². The molecule has 132 valence electrons. The highest BCUT2D eigenvalue weighted by Gasteiger charge is 2.18. The Bertz CT molecular complexity index is 1140. The van der Waals surface area contributed by atoms with Gasteiger partial charge in [0.05, 0.1) is 0 Å². The van der Waals surface area contributed by atoms with Crippen molar-refractivity contribution in [1.82, 2.24) is 14.8 Å². The molecule has 1 amide bonds. The molecule has 0 atom stereocenters. The van der Waals surface area contributed by atoms with E-state index in [2.05, 4.69) is 20.1 Å². The molecule has 1 N–H and O–H groups in total. The predicted molar refractivity (Wildman–Crippen MR) is 106 cm³/mol. The van der Waals surface area contributed by atoms with Crippen molar-refractivity contribution >= 4 is 22.4 Å². The molecule has 1 aliphatic heterocycles. The molecule has 0 aliphatic carbocycles. The number of hydrogen-bond acceptors (Lipinski definition) is 3. The zero-order valence-electron chi connectivity index (χ0n) is 14.7.